The Kier molecular flexibility index (Phi) is 14.6. The third-order valence-corrected chi connectivity index (χ3v) is 7.66. The van der Waals surface area contributed by atoms with Crippen LogP contribution < -0.4 is 37.6 Å². The van der Waals surface area contributed by atoms with E-state index >= 15 is 0 Å². The Morgan fingerprint density at radius 2 is 1.64 bits per heavy atom. The van der Waals surface area contributed by atoms with E-state index in [1.165, 1.54) is 0 Å². The van der Waals surface area contributed by atoms with Gasteiger partial charge >= 0.3 is 0 Å². The van der Waals surface area contributed by atoms with Gasteiger partial charge in [0.1, 0.15) is 23.7 Å². The van der Waals surface area contributed by atoms with Crippen LogP contribution in [0.4, 0.5) is 0 Å². The first-order valence-corrected chi connectivity index (χ1v) is 15.5. The third kappa shape index (κ3) is 11.5. The molecule has 0 radical (unpaired) electrons. The lowest BCUT2D eigenvalue weighted by molar-refractivity contribution is -0.137. The highest BCUT2D eigenvalue weighted by Gasteiger charge is 2.38. The number of benzene rings is 1. The summed E-state index contributed by atoms with van der Waals surface area (Å²) in [5.41, 5.74) is 4.71. The summed E-state index contributed by atoms with van der Waals surface area (Å²) in [7, 11) is 0. The van der Waals surface area contributed by atoms with E-state index in [4.69, 9.17) is 11.1 Å². The molecule has 44 heavy (non-hydrogen) atoms. The molecule has 1 saturated heterocycles. The maximum Gasteiger partial charge on any atom is 0.247 e. The SMILES string of the molecule is CC[C@@H]1NC(=O)[C@H](CCCNC(=N)N)NC(=O)[C@](C)(NC(=O)C(C)C)CCCCCCNC(=O)[C@@H](c2ccccc2)NC1=O. The fourth-order valence-corrected chi connectivity index (χ4v) is 4.85. The van der Waals surface area contributed by atoms with E-state index < -0.39 is 41.4 Å². The molecule has 5 amide bonds. The lowest BCUT2D eigenvalue weighted by Gasteiger charge is -2.33. The van der Waals surface area contributed by atoms with Gasteiger partial charge in [0, 0.05) is 19.0 Å². The Labute approximate surface area is 260 Å². The van der Waals surface area contributed by atoms with Crippen molar-refractivity contribution >= 4 is 35.5 Å². The number of guanidine groups is 1. The van der Waals surface area contributed by atoms with Gasteiger partial charge in [-0.2, -0.15) is 0 Å². The molecule has 1 aromatic rings. The number of nitrogens with one attached hydrogen (secondary N) is 7. The summed E-state index contributed by atoms with van der Waals surface area (Å²) in [5.74, 6) is -2.82. The van der Waals surface area contributed by atoms with Gasteiger partial charge in [0.2, 0.25) is 29.5 Å². The molecule has 0 aliphatic carbocycles. The van der Waals surface area contributed by atoms with E-state index in [0.29, 0.717) is 44.3 Å². The monoisotopic (exact) mass is 614 g/mol. The molecule has 1 aliphatic rings. The Hall–Kier alpha value is -4.16. The Morgan fingerprint density at radius 1 is 0.977 bits per heavy atom. The zero-order chi connectivity index (χ0) is 32.7. The lowest BCUT2D eigenvalue weighted by Crippen LogP contribution is -2.62. The van der Waals surface area contributed by atoms with Gasteiger partial charge in [-0.05, 0) is 44.6 Å². The number of carbonyl (C=O) groups is 5. The van der Waals surface area contributed by atoms with E-state index in [2.05, 4.69) is 31.9 Å². The van der Waals surface area contributed by atoms with Crippen molar-refractivity contribution < 1.29 is 24.0 Å². The van der Waals surface area contributed by atoms with Crippen LogP contribution in [-0.2, 0) is 24.0 Å². The topological polar surface area (TPSA) is 207 Å². The van der Waals surface area contributed by atoms with Crippen LogP contribution in [0.1, 0.15) is 90.7 Å². The number of hydrogen-bond donors (Lipinski definition) is 8. The predicted molar refractivity (Wildman–Crippen MR) is 168 cm³/mol. The summed E-state index contributed by atoms with van der Waals surface area (Å²) in [6.45, 7) is 7.57. The van der Waals surface area contributed by atoms with Crippen LogP contribution in [-0.4, -0.2) is 66.2 Å². The molecule has 1 aliphatic heterocycles. The molecule has 1 fully saturated rings. The molecular formula is C31H50N8O5. The summed E-state index contributed by atoms with van der Waals surface area (Å²) >= 11 is 0. The van der Waals surface area contributed by atoms with Crippen molar-refractivity contribution in [1.82, 2.24) is 31.9 Å². The number of carbonyl (C=O) groups excluding carboxylic acids is 5. The molecule has 1 aromatic carbocycles. The van der Waals surface area contributed by atoms with Crippen molar-refractivity contribution in [1.29, 1.82) is 5.41 Å². The first-order valence-electron chi connectivity index (χ1n) is 15.5. The van der Waals surface area contributed by atoms with Gasteiger partial charge in [0.05, 0.1) is 0 Å². The highest BCUT2D eigenvalue weighted by Crippen LogP contribution is 2.19. The molecule has 9 N–H and O–H groups in total. The molecule has 1 heterocycles. The summed E-state index contributed by atoms with van der Waals surface area (Å²) < 4.78 is 0. The van der Waals surface area contributed by atoms with E-state index in [1.807, 2.05) is 6.07 Å². The minimum atomic E-state index is -1.28. The average Bonchev–Trinajstić information content (AvgIpc) is 2.98. The van der Waals surface area contributed by atoms with Crippen molar-refractivity contribution in [2.24, 2.45) is 11.7 Å². The van der Waals surface area contributed by atoms with E-state index in [-0.39, 0.29) is 36.5 Å². The maximum atomic E-state index is 13.7. The maximum absolute atomic E-state index is 13.7. The van der Waals surface area contributed by atoms with Gasteiger partial charge in [0.25, 0.3) is 0 Å². The number of nitrogens with two attached hydrogens (primary N) is 1. The summed E-state index contributed by atoms with van der Waals surface area (Å²) in [6, 6.07) is 5.92. The smallest absolute Gasteiger partial charge is 0.247 e. The first kappa shape index (κ1) is 36.0. The molecule has 0 bridgehead atoms. The van der Waals surface area contributed by atoms with Crippen LogP contribution in [0, 0.1) is 11.3 Å². The minimum Gasteiger partial charge on any atom is -0.370 e. The van der Waals surface area contributed by atoms with Crippen molar-refractivity contribution in [3.63, 3.8) is 0 Å². The van der Waals surface area contributed by atoms with Crippen molar-refractivity contribution in [2.45, 2.75) is 103 Å². The second-order valence-electron chi connectivity index (χ2n) is 11.8. The van der Waals surface area contributed by atoms with Gasteiger partial charge in [-0.25, -0.2) is 0 Å². The molecule has 0 aromatic heterocycles. The van der Waals surface area contributed by atoms with Gasteiger partial charge in [-0.15, -0.1) is 0 Å². The summed E-state index contributed by atoms with van der Waals surface area (Å²) in [5, 5.41) is 24.2. The van der Waals surface area contributed by atoms with Crippen molar-refractivity contribution in [2.75, 3.05) is 13.1 Å². The van der Waals surface area contributed by atoms with Crippen LogP contribution in [0.2, 0.25) is 0 Å². The average molecular weight is 615 g/mol. The molecule has 13 heteroatoms. The molecular weight excluding hydrogens is 564 g/mol. The van der Waals surface area contributed by atoms with Crippen LogP contribution >= 0.6 is 0 Å². The molecule has 4 atom stereocenters. The van der Waals surface area contributed by atoms with Crippen LogP contribution in [0.25, 0.3) is 0 Å². The Bertz CT molecular complexity index is 1150. The van der Waals surface area contributed by atoms with Gasteiger partial charge in [-0.3, -0.25) is 29.4 Å². The molecule has 244 valence electrons. The summed E-state index contributed by atoms with van der Waals surface area (Å²) in [6.07, 6.45) is 4.02. The molecule has 0 spiro atoms. The largest absolute Gasteiger partial charge is 0.370 e. The van der Waals surface area contributed by atoms with Gasteiger partial charge in [-0.1, -0.05) is 70.4 Å². The van der Waals surface area contributed by atoms with Gasteiger partial charge in [0.15, 0.2) is 5.96 Å². The number of amides is 5. The summed E-state index contributed by atoms with van der Waals surface area (Å²) in [4.78, 5) is 66.6. The Morgan fingerprint density at radius 3 is 2.27 bits per heavy atom. The highest BCUT2D eigenvalue weighted by atomic mass is 16.2. The van der Waals surface area contributed by atoms with Crippen LogP contribution in [0.3, 0.4) is 0 Å². The Balaban J connectivity index is 2.38. The van der Waals surface area contributed by atoms with Crippen LogP contribution in [0.5, 0.6) is 0 Å². The predicted octanol–water partition coefficient (Wildman–Crippen LogP) is 1.10. The molecule has 2 rings (SSSR count). The quantitative estimate of drug-likeness (QED) is 0.121. The highest BCUT2D eigenvalue weighted by molar-refractivity contribution is 5.97. The zero-order valence-corrected chi connectivity index (χ0v) is 26.4. The van der Waals surface area contributed by atoms with Gasteiger partial charge < -0.3 is 37.6 Å². The van der Waals surface area contributed by atoms with E-state index in [9.17, 15) is 24.0 Å². The van der Waals surface area contributed by atoms with Crippen LogP contribution in [0.15, 0.2) is 30.3 Å². The first-order chi connectivity index (χ1) is 20.9. The van der Waals surface area contributed by atoms with Crippen molar-refractivity contribution in [3.05, 3.63) is 35.9 Å². The molecule has 13 nitrogen and oxygen atoms in total. The lowest BCUT2D eigenvalue weighted by atomic mass is 9.91. The number of hydrogen-bond acceptors (Lipinski definition) is 6. The minimum absolute atomic E-state index is 0.180. The third-order valence-electron chi connectivity index (χ3n) is 7.66. The molecule has 0 unspecified atom stereocenters. The zero-order valence-electron chi connectivity index (χ0n) is 26.4. The van der Waals surface area contributed by atoms with E-state index in [1.54, 1.807) is 52.0 Å². The van der Waals surface area contributed by atoms with Crippen molar-refractivity contribution in [3.8, 4) is 0 Å². The van der Waals surface area contributed by atoms with E-state index in [0.717, 1.165) is 12.8 Å². The fourth-order valence-electron chi connectivity index (χ4n) is 4.85. The second kappa shape index (κ2) is 17.8. The second-order valence-corrected chi connectivity index (χ2v) is 11.8. The number of rotatable bonds is 8. The molecule has 0 saturated carbocycles. The normalized spacial score (nSPS) is 24.5. The standard InChI is InChI=1S/C31H50N8O5/c1-5-22-26(41)38-24(21-14-9-8-10-15-21)28(43)34-18-12-7-6-11-17-31(4,39-25(40)20(2)3)29(44)37-23(27(42)36-22)16-13-19-35-30(32)33/h8-10,14-15,20,22-24H,5-7,11-13,16-19H2,1-4H3,(H,34,43)(H,36,42)(H,37,44)(H,38,41)(H,39,40)(H4,32,33,35)/t22-,23-,24+,31+/m0/s1. The fraction of sp³-hybridized carbons (Fsp3) is 0.613.